The van der Waals surface area contributed by atoms with E-state index in [1.54, 1.807) is 14.0 Å². The average Bonchev–Trinajstić information content (AvgIpc) is 3.31. The van der Waals surface area contributed by atoms with E-state index in [4.69, 9.17) is 19.4 Å². The number of hydrogen-bond acceptors (Lipinski definition) is 5. The number of fused-ring (bicyclic) bond motifs is 2. The number of hydrogen-bond donors (Lipinski definition) is 1. The van der Waals surface area contributed by atoms with Crippen molar-refractivity contribution in [1.29, 1.82) is 0 Å². The van der Waals surface area contributed by atoms with E-state index in [1.807, 2.05) is 84.9 Å². The van der Waals surface area contributed by atoms with Gasteiger partial charge < -0.3 is 14.5 Å². The Hall–Kier alpha value is -4.45. The number of rotatable bonds is 6. The van der Waals surface area contributed by atoms with Crippen molar-refractivity contribution in [3.05, 3.63) is 89.5 Å². The Balaban J connectivity index is 1.79. The maximum atomic E-state index is 13.3. The topological polar surface area (TPSA) is 77.1 Å². The zero-order valence-electron chi connectivity index (χ0n) is 18.9. The Morgan fingerprint density at radius 1 is 0.912 bits per heavy atom. The minimum absolute atomic E-state index is 0.251. The Morgan fingerprint density at radius 2 is 1.65 bits per heavy atom. The van der Waals surface area contributed by atoms with Crippen LogP contribution < -0.4 is 4.74 Å². The van der Waals surface area contributed by atoms with Crippen molar-refractivity contribution in [2.45, 2.75) is 6.92 Å². The number of methoxy groups -OCH3 is 1. The number of carbonyl (C=O) groups is 1. The van der Waals surface area contributed by atoms with E-state index in [0.29, 0.717) is 22.6 Å². The number of pyridine rings is 1. The third-order valence-corrected chi connectivity index (χ3v) is 5.59. The van der Waals surface area contributed by atoms with Gasteiger partial charge in [-0.25, -0.2) is 14.8 Å². The normalized spacial score (nSPS) is 11.4. The van der Waals surface area contributed by atoms with Gasteiger partial charge in [-0.1, -0.05) is 60.7 Å². The first-order chi connectivity index (χ1) is 16.7. The quantitative estimate of drug-likeness (QED) is 0.315. The van der Waals surface area contributed by atoms with Crippen LogP contribution in [0.2, 0.25) is 0 Å². The average molecular weight is 450 g/mol. The summed E-state index contributed by atoms with van der Waals surface area (Å²) < 4.78 is 11.0. The number of nitrogens with one attached hydrogen (secondary N) is 1. The number of carbonyl (C=O) groups excluding carboxylic acids is 1. The second-order valence-electron chi connectivity index (χ2n) is 7.66. The lowest BCUT2D eigenvalue weighted by atomic mass is 9.98. The van der Waals surface area contributed by atoms with Crippen LogP contribution in [0.5, 0.6) is 5.75 Å². The van der Waals surface area contributed by atoms with Crippen LogP contribution in [0.1, 0.15) is 28.4 Å². The standard InChI is InChI=1S/C28H23N3O3/c1-3-34-28(32)25-20(17-16-18-10-4-9-15-24(18)33-2)19-11-5-6-12-21(19)29-26(25)27-30-22-13-7-8-14-23(22)31-27/h4-17H,3H2,1-2H3,(H,30,31)/b17-16+. The summed E-state index contributed by atoms with van der Waals surface area (Å²) in [5.41, 5.74) is 4.85. The fourth-order valence-corrected chi connectivity index (χ4v) is 4.03. The first-order valence-electron chi connectivity index (χ1n) is 11.1. The van der Waals surface area contributed by atoms with Crippen molar-refractivity contribution in [1.82, 2.24) is 15.0 Å². The van der Waals surface area contributed by atoms with Gasteiger partial charge in [-0.2, -0.15) is 0 Å². The van der Waals surface area contributed by atoms with Crippen LogP contribution in [0.3, 0.4) is 0 Å². The molecule has 0 unspecified atom stereocenters. The minimum Gasteiger partial charge on any atom is -0.496 e. The molecule has 0 atom stereocenters. The molecule has 0 bridgehead atoms. The Kier molecular flexibility index (Phi) is 5.79. The minimum atomic E-state index is -0.448. The monoisotopic (exact) mass is 449 g/mol. The van der Waals surface area contributed by atoms with Gasteiger partial charge in [-0.3, -0.25) is 0 Å². The van der Waals surface area contributed by atoms with Crippen LogP contribution in [-0.4, -0.2) is 34.6 Å². The van der Waals surface area contributed by atoms with Gasteiger partial charge in [0.1, 0.15) is 11.4 Å². The predicted molar refractivity (Wildman–Crippen MR) is 135 cm³/mol. The number of ether oxygens (including phenoxy) is 2. The highest BCUT2D eigenvalue weighted by Gasteiger charge is 2.24. The largest absolute Gasteiger partial charge is 0.496 e. The highest BCUT2D eigenvalue weighted by Crippen LogP contribution is 2.32. The smallest absolute Gasteiger partial charge is 0.341 e. The molecule has 0 aliphatic carbocycles. The first kappa shape index (κ1) is 21.4. The first-order valence-corrected chi connectivity index (χ1v) is 11.1. The number of esters is 1. The van der Waals surface area contributed by atoms with Gasteiger partial charge >= 0.3 is 5.97 Å². The van der Waals surface area contributed by atoms with Gasteiger partial charge in [0, 0.05) is 16.5 Å². The molecule has 0 amide bonds. The summed E-state index contributed by atoms with van der Waals surface area (Å²) in [6.07, 6.45) is 3.85. The maximum absolute atomic E-state index is 13.3. The Morgan fingerprint density at radius 3 is 2.44 bits per heavy atom. The molecule has 6 heteroatoms. The Bertz CT molecular complexity index is 1500. The third-order valence-electron chi connectivity index (χ3n) is 5.59. The lowest BCUT2D eigenvalue weighted by Gasteiger charge is -2.13. The summed E-state index contributed by atoms with van der Waals surface area (Å²) in [4.78, 5) is 26.1. The number of nitrogens with zero attached hydrogens (tertiary/aromatic N) is 2. The SMILES string of the molecule is CCOC(=O)c1c(-c2nc3ccccc3[nH]2)nc2ccccc2c1/C=C/c1ccccc1OC. The maximum Gasteiger partial charge on any atom is 0.341 e. The molecule has 5 aromatic rings. The van der Waals surface area contributed by atoms with Gasteiger partial charge in [-0.15, -0.1) is 0 Å². The molecule has 0 spiro atoms. The van der Waals surface area contributed by atoms with Crippen molar-refractivity contribution in [3.8, 4) is 17.3 Å². The van der Waals surface area contributed by atoms with Crippen molar-refractivity contribution in [2.24, 2.45) is 0 Å². The molecule has 0 saturated heterocycles. The second kappa shape index (κ2) is 9.19. The van der Waals surface area contributed by atoms with Crippen LogP contribution >= 0.6 is 0 Å². The fraction of sp³-hybridized carbons (Fsp3) is 0.107. The molecule has 34 heavy (non-hydrogen) atoms. The zero-order valence-corrected chi connectivity index (χ0v) is 18.9. The van der Waals surface area contributed by atoms with E-state index in [9.17, 15) is 4.79 Å². The fourth-order valence-electron chi connectivity index (χ4n) is 4.03. The van der Waals surface area contributed by atoms with E-state index >= 15 is 0 Å². The van der Waals surface area contributed by atoms with E-state index in [2.05, 4.69) is 4.98 Å². The van der Waals surface area contributed by atoms with Gasteiger partial charge in [0.25, 0.3) is 0 Å². The molecule has 2 aromatic heterocycles. The van der Waals surface area contributed by atoms with E-state index in [0.717, 1.165) is 33.2 Å². The van der Waals surface area contributed by atoms with E-state index < -0.39 is 5.97 Å². The van der Waals surface area contributed by atoms with Crippen LogP contribution in [0.25, 0.3) is 45.6 Å². The third kappa shape index (κ3) is 3.90. The molecule has 168 valence electrons. The van der Waals surface area contributed by atoms with Gasteiger partial charge in [0.2, 0.25) is 0 Å². The number of imidazole rings is 1. The van der Waals surface area contributed by atoms with Gasteiger partial charge in [-0.05, 0) is 31.2 Å². The van der Waals surface area contributed by atoms with Crippen molar-refractivity contribution in [2.75, 3.05) is 13.7 Å². The van der Waals surface area contributed by atoms with Gasteiger partial charge in [0.05, 0.1) is 35.8 Å². The molecular weight excluding hydrogens is 426 g/mol. The summed E-state index contributed by atoms with van der Waals surface area (Å²) in [5, 5.41) is 0.844. The number of aromatic nitrogens is 3. The molecule has 1 N–H and O–H groups in total. The number of benzene rings is 3. The summed E-state index contributed by atoms with van der Waals surface area (Å²) in [5.74, 6) is 0.810. The molecule has 5 rings (SSSR count). The Labute approximate surface area is 196 Å². The van der Waals surface area contributed by atoms with Crippen LogP contribution in [-0.2, 0) is 4.74 Å². The molecule has 0 saturated carbocycles. The van der Waals surface area contributed by atoms with Crippen molar-refractivity contribution < 1.29 is 14.3 Å². The molecule has 2 heterocycles. The van der Waals surface area contributed by atoms with Crippen LogP contribution in [0.4, 0.5) is 0 Å². The summed E-state index contributed by atoms with van der Waals surface area (Å²) in [6.45, 7) is 2.04. The van der Waals surface area contributed by atoms with Crippen molar-refractivity contribution in [3.63, 3.8) is 0 Å². The zero-order chi connectivity index (χ0) is 23.5. The molecule has 0 aliphatic rings. The summed E-state index contributed by atoms with van der Waals surface area (Å²) in [7, 11) is 1.64. The summed E-state index contributed by atoms with van der Waals surface area (Å²) >= 11 is 0. The highest BCUT2D eigenvalue weighted by molar-refractivity contribution is 6.07. The second-order valence-corrected chi connectivity index (χ2v) is 7.66. The van der Waals surface area contributed by atoms with Crippen molar-refractivity contribution >= 4 is 40.1 Å². The molecule has 6 nitrogen and oxygen atoms in total. The number of aromatic amines is 1. The predicted octanol–water partition coefficient (Wildman–Crippen LogP) is 6.13. The number of H-pyrrole nitrogens is 1. The lowest BCUT2D eigenvalue weighted by Crippen LogP contribution is -2.11. The van der Waals surface area contributed by atoms with Gasteiger partial charge in [0.15, 0.2) is 5.82 Å². The van der Waals surface area contributed by atoms with E-state index in [-0.39, 0.29) is 6.61 Å². The molecule has 3 aromatic carbocycles. The number of para-hydroxylation sites is 4. The highest BCUT2D eigenvalue weighted by atomic mass is 16.5. The van der Waals surface area contributed by atoms with Crippen LogP contribution in [0, 0.1) is 0 Å². The molecule has 0 fully saturated rings. The van der Waals surface area contributed by atoms with E-state index in [1.165, 1.54) is 0 Å². The molecular formula is C28H23N3O3. The lowest BCUT2D eigenvalue weighted by molar-refractivity contribution is 0.0527. The molecule has 0 radical (unpaired) electrons. The summed E-state index contributed by atoms with van der Waals surface area (Å²) in [6, 6.07) is 23.2. The molecule has 0 aliphatic heterocycles. The van der Waals surface area contributed by atoms with Crippen LogP contribution in [0.15, 0.2) is 72.8 Å².